The molecular weight excluding hydrogens is 344 g/mol. The van der Waals surface area contributed by atoms with Gasteiger partial charge in [0.25, 0.3) is 5.91 Å². The minimum atomic E-state index is -0.191. The number of hydrogen-bond acceptors (Lipinski definition) is 6. The highest BCUT2D eigenvalue weighted by Crippen LogP contribution is 2.34. The Kier molecular flexibility index (Phi) is 5.78. The van der Waals surface area contributed by atoms with Gasteiger partial charge in [0.2, 0.25) is 0 Å². The van der Waals surface area contributed by atoms with E-state index in [-0.39, 0.29) is 5.91 Å². The first kappa shape index (κ1) is 18.9. The van der Waals surface area contributed by atoms with Crippen LogP contribution < -0.4 is 19.7 Å². The van der Waals surface area contributed by atoms with Crippen LogP contribution in [-0.4, -0.2) is 43.4 Å². The Labute approximate surface area is 159 Å². The molecule has 1 aromatic heterocycles. The summed E-state index contributed by atoms with van der Waals surface area (Å²) in [7, 11) is 3.28. The van der Waals surface area contributed by atoms with E-state index in [4.69, 9.17) is 9.47 Å². The van der Waals surface area contributed by atoms with Crippen LogP contribution >= 0.6 is 0 Å². The Hall–Kier alpha value is -2.83. The van der Waals surface area contributed by atoms with Crippen molar-refractivity contribution in [1.82, 2.24) is 15.5 Å². The van der Waals surface area contributed by atoms with E-state index in [0.29, 0.717) is 24.7 Å². The number of hydrogen-bond donors (Lipinski definition) is 1. The molecule has 0 spiro atoms. The van der Waals surface area contributed by atoms with E-state index in [1.165, 1.54) is 11.1 Å². The van der Waals surface area contributed by atoms with Crippen LogP contribution in [0.15, 0.2) is 24.3 Å². The molecule has 0 saturated heterocycles. The highest BCUT2D eigenvalue weighted by molar-refractivity contribution is 5.92. The van der Waals surface area contributed by atoms with Crippen LogP contribution in [0.3, 0.4) is 0 Å². The number of benzene rings is 1. The molecule has 1 aromatic carbocycles. The third kappa shape index (κ3) is 4.30. The van der Waals surface area contributed by atoms with Crippen LogP contribution in [0.1, 0.15) is 35.5 Å². The second kappa shape index (κ2) is 8.24. The second-order valence-electron chi connectivity index (χ2n) is 7.03. The summed E-state index contributed by atoms with van der Waals surface area (Å²) in [5.41, 5.74) is 2.77. The van der Waals surface area contributed by atoms with E-state index in [1.807, 2.05) is 32.0 Å². The fraction of sp³-hybridized carbons (Fsp3) is 0.450. The van der Waals surface area contributed by atoms with Gasteiger partial charge < -0.3 is 19.7 Å². The quantitative estimate of drug-likeness (QED) is 0.842. The molecule has 2 heterocycles. The molecular formula is C20H26N4O3. The molecule has 0 bridgehead atoms. The van der Waals surface area contributed by atoms with Gasteiger partial charge in [-0.05, 0) is 47.7 Å². The Morgan fingerprint density at radius 2 is 1.85 bits per heavy atom. The number of aromatic nitrogens is 2. The smallest absolute Gasteiger partial charge is 0.271 e. The molecule has 144 valence electrons. The molecule has 7 nitrogen and oxygen atoms in total. The number of fused-ring (bicyclic) bond motifs is 1. The van der Waals surface area contributed by atoms with Crippen molar-refractivity contribution >= 4 is 11.7 Å². The number of amides is 1. The van der Waals surface area contributed by atoms with Crippen LogP contribution in [0, 0.1) is 5.92 Å². The third-order valence-corrected chi connectivity index (χ3v) is 4.60. The summed E-state index contributed by atoms with van der Waals surface area (Å²) in [6, 6.07) is 7.63. The average molecular weight is 370 g/mol. The number of ether oxygens (including phenoxy) is 2. The van der Waals surface area contributed by atoms with Gasteiger partial charge in [-0.15, -0.1) is 10.2 Å². The number of anilines is 1. The second-order valence-corrected chi connectivity index (χ2v) is 7.03. The Balaban J connectivity index is 1.72. The van der Waals surface area contributed by atoms with Gasteiger partial charge in [-0.25, -0.2) is 0 Å². The Bertz CT molecular complexity index is 806. The van der Waals surface area contributed by atoms with Crippen molar-refractivity contribution in [2.75, 3.05) is 32.2 Å². The minimum Gasteiger partial charge on any atom is -0.493 e. The van der Waals surface area contributed by atoms with Crippen LogP contribution in [0.25, 0.3) is 0 Å². The molecule has 1 N–H and O–H groups in total. The predicted octanol–water partition coefficient (Wildman–Crippen LogP) is 2.44. The number of carbonyl (C=O) groups is 1. The van der Waals surface area contributed by atoms with E-state index < -0.39 is 0 Å². The third-order valence-electron chi connectivity index (χ3n) is 4.60. The van der Waals surface area contributed by atoms with Gasteiger partial charge in [-0.3, -0.25) is 4.79 Å². The lowest BCUT2D eigenvalue weighted by Gasteiger charge is -2.30. The molecule has 1 amide bonds. The molecule has 3 rings (SSSR count). The van der Waals surface area contributed by atoms with E-state index in [9.17, 15) is 4.79 Å². The van der Waals surface area contributed by atoms with Crippen LogP contribution in [0.5, 0.6) is 11.5 Å². The van der Waals surface area contributed by atoms with Gasteiger partial charge in [-0.2, -0.15) is 0 Å². The zero-order chi connectivity index (χ0) is 19.4. The number of nitrogens with zero attached hydrogens (tertiary/aromatic N) is 3. The first-order chi connectivity index (χ1) is 13.0. The summed E-state index contributed by atoms with van der Waals surface area (Å²) in [5.74, 6) is 2.44. The van der Waals surface area contributed by atoms with Crippen LogP contribution in [-0.2, 0) is 13.0 Å². The largest absolute Gasteiger partial charge is 0.493 e. The average Bonchev–Trinajstić information content (AvgIpc) is 2.70. The SMILES string of the molecule is COc1cc2c(cc1OC)CN(c1ccc(C(=O)NCC(C)C)nn1)CC2. The molecule has 2 aromatic rings. The maximum absolute atomic E-state index is 12.1. The standard InChI is InChI=1S/C20H26N4O3/c1-13(2)11-21-20(25)16-5-6-19(23-22-16)24-8-7-14-9-17(26-3)18(27-4)10-15(14)12-24/h5-6,9-10,13H,7-8,11-12H2,1-4H3,(H,21,25). The maximum atomic E-state index is 12.1. The topological polar surface area (TPSA) is 76.6 Å². The Morgan fingerprint density at radius 3 is 2.44 bits per heavy atom. The molecule has 0 saturated carbocycles. The molecule has 7 heteroatoms. The van der Waals surface area contributed by atoms with E-state index >= 15 is 0 Å². The molecule has 0 unspecified atom stereocenters. The number of methoxy groups -OCH3 is 2. The van der Waals surface area contributed by atoms with Crippen molar-refractivity contribution in [3.8, 4) is 11.5 Å². The fourth-order valence-electron chi connectivity index (χ4n) is 3.08. The molecule has 27 heavy (non-hydrogen) atoms. The van der Waals surface area contributed by atoms with Crippen molar-refractivity contribution in [2.24, 2.45) is 5.92 Å². The molecule has 0 fully saturated rings. The lowest BCUT2D eigenvalue weighted by atomic mass is 9.99. The van der Waals surface area contributed by atoms with Gasteiger partial charge in [0.1, 0.15) is 0 Å². The predicted molar refractivity (Wildman–Crippen MR) is 104 cm³/mol. The number of carbonyl (C=O) groups excluding carboxylic acids is 1. The molecule has 1 aliphatic heterocycles. The van der Waals surface area contributed by atoms with Gasteiger partial charge >= 0.3 is 0 Å². The summed E-state index contributed by atoms with van der Waals surface area (Å²) < 4.78 is 10.8. The maximum Gasteiger partial charge on any atom is 0.271 e. The van der Waals surface area contributed by atoms with Crippen molar-refractivity contribution in [3.63, 3.8) is 0 Å². The van der Waals surface area contributed by atoms with Crippen molar-refractivity contribution in [3.05, 3.63) is 41.1 Å². The van der Waals surface area contributed by atoms with Crippen molar-refractivity contribution < 1.29 is 14.3 Å². The monoisotopic (exact) mass is 370 g/mol. The first-order valence-electron chi connectivity index (χ1n) is 9.12. The first-order valence-corrected chi connectivity index (χ1v) is 9.12. The lowest BCUT2D eigenvalue weighted by Crippen LogP contribution is -2.32. The summed E-state index contributed by atoms with van der Waals surface area (Å²) in [6.45, 7) is 6.26. The lowest BCUT2D eigenvalue weighted by molar-refractivity contribution is 0.0943. The van der Waals surface area contributed by atoms with Gasteiger partial charge in [0, 0.05) is 19.6 Å². The highest BCUT2D eigenvalue weighted by atomic mass is 16.5. The van der Waals surface area contributed by atoms with Crippen molar-refractivity contribution in [2.45, 2.75) is 26.8 Å². The van der Waals surface area contributed by atoms with E-state index in [0.717, 1.165) is 30.3 Å². The van der Waals surface area contributed by atoms with Gasteiger partial charge in [-0.1, -0.05) is 13.8 Å². The van der Waals surface area contributed by atoms with Crippen LogP contribution in [0.2, 0.25) is 0 Å². The van der Waals surface area contributed by atoms with E-state index in [1.54, 1.807) is 20.3 Å². The van der Waals surface area contributed by atoms with Crippen LogP contribution in [0.4, 0.5) is 5.82 Å². The molecule has 1 aliphatic rings. The van der Waals surface area contributed by atoms with Gasteiger partial charge in [0.05, 0.1) is 14.2 Å². The summed E-state index contributed by atoms with van der Waals surface area (Å²) in [6.07, 6.45) is 0.883. The summed E-state index contributed by atoms with van der Waals surface area (Å²) >= 11 is 0. The zero-order valence-corrected chi connectivity index (χ0v) is 16.3. The van der Waals surface area contributed by atoms with E-state index in [2.05, 4.69) is 20.4 Å². The molecule has 0 radical (unpaired) electrons. The highest BCUT2D eigenvalue weighted by Gasteiger charge is 2.21. The van der Waals surface area contributed by atoms with Gasteiger partial charge in [0.15, 0.2) is 23.0 Å². The molecule has 0 atom stereocenters. The normalized spacial score (nSPS) is 13.3. The summed E-state index contributed by atoms with van der Waals surface area (Å²) in [4.78, 5) is 14.2. The number of nitrogens with one attached hydrogen (secondary N) is 1. The minimum absolute atomic E-state index is 0.191. The zero-order valence-electron chi connectivity index (χ0n) is 16.3. The van der Waals surface area contributed by atoms with Crippen molar-refractivity contribution in [1.29, 1.82) is 0 Å². The Morgan fingerprint density at radius 1 is 1.15 bits per heavy atom. The fourth-order valence-corrected chi connectivity index (χ4v) is 3.08. The number of rotatable bonds is 6. The summed E-state index contributed by atoms with van der Waals surface area (Å²) in [5, 5.41) is 11.2. The molecule has 0 aliphatic carbocycles.